The number of carbonyl (C=O) groups is 1. The third-order valence-corrected chi connectivity index (χ3v) is 8.51. The van der Waals surface area contributed by atoms with E-state index in [0.717, 1.165) is 5.56 Å². The average molecular weight is 325 g/mol. The normalized spacial score (nSPS) is 13.6. The molecule has 124 valence electrons. The van der Waals surface area contributed by atoms with E-state index in [-0.39, 0.29) is 11.5 Å². The standard InChI is InChI=1S/C16H27NO4Si/c1-16(2,3)22(5,6)21-14-10-11(7-8-13(14)20-4)9-12(17)15(18)19/h7-8,10,12H,9,17H2,1-6H3,(H,18,19). The van der Waals surface area contributed by atoms with Crippen LogP contribution in [0.4, 0.5) is 0 Å². The lowest BCUT2D eigenvalue weighted by atomic mass is 10.1. The van der Waals surface area contributed by atoms with Gasteiger partial charge in [0.25, 0.3) is 8.32 Å². The van der Waals surface area contributed by atoms with Crippen molar-refractivity contribution in [2.45, 2.75) is 51.4 Å². The van der Waals surface area contributed by atoms with Gasteiger partial charge >= 0.3 is 5.97 Å². The quantitative estimate of drug-likeness (QED) is 0.786. The summed E-state index contributed by atoms with van der Waals surface area (Å²) in [5, 5.41) is 8.99. The summed E-state index contributed by atoms with van der Waals surface area (Å²) in [5.41, 5.74) is 6.43. The Morgan fingerprint density at radius 1 is 1.32 bits per heavy atom. The van der Waals surface area contributed by atoms with E-state index < -0.39 is 20.3 Å². The fourth-order valence-electron chi connectivity index (χ4n) is 1.70. The van der Waals surface area contributed by atoms with Crippen LogP contribution in [0.1, 0.15) is 26.3 Å². The number of hydrogen-bond donors (Lipinski definition) is 2. The smallest absolute Gasteiger partial charge is 0.320 e. The summed E-state index contributed by atoms with van der Waals surface area (Å²) in [5.74, 6) is 0.296. The van der Waals surface area contributed by atoms with Crippen molar-refractivity contribution in [3.63, 3.8) is 0 Å². The van der Waals surface area contributed by atoms with Crippen molar-refractivity contribution < 1.29 is 19.1 Å². The Hall–Kier alpha value is -1.53. The maximum absolute atomic E-state index is 10.9. The second kappa shape index (κ2) is 6.70. The molecule has 1 rings (SSSR count). The number of benzene rings is 1. The summed E-state index contributed by atoms with van der Waals surface area (Å²) in [7, 11) is -0.412. The molecule has 0 aliphatic carbocycles. The highest BCUT2D eigenvalue weighted by molar-refractivity contribution is 6.74. The molecule has 1 atom stereocenters. The van der Waals surface area contributed by atoms with Crippen molar-refractivity contribution in [2.75, 3.05) is 7.11 Å². The lowest BCUT2D eigenvalue weighted by Gasteiger charge is -2.36. The first-order chi connectivity index (χ1) is 9.98. The zero-order chi connectivity index (χ0) is 17.1. The number of rotatable bonds is 6. The van der Waals surface area contributed by atoms with Gasteiger partial charge in [0.05, 0.1) is 7.11 Å². The van der Waals surface area contributed by atoms with E-state index >= 15 is 0 Å². The van der Waals surface area contributed by atoms with Crippen molar-refractivity contribution in [3.05, 3.63) is 23.8 Å². The summed E-state index contributed by atoms with van der Waals surface area (Å²) in [6.45, 7) is 10.8. The Morgan fingerprint density at radius 3 is 2.36 bits per heavy atom. The molecule has 0 radical (unpaired) electrons. The molecule has 0 aliphatic heterocycles. The van der Waals surface area contributed by atoms with Crippen LogP contribution in [0.3, 0.4) is 0 Å². The van der Waals surface area contributed by atoms with Gasteiger partial charge in [-0.25, -0.2) is 0 Å². The van der Waals surface area contributed by atoms with Gasteiger partial charge in [0.2, 0.25) is 0 Å². The summed E-state index contributed by atoms with van der Waals surface area (Å²) in [6.07, 6.45) is 0.257. The molecule has 5 nitrogen and oxygen atoms in total. The molecule has 0 heterocycles. The lowest BCUT2D eigenvalue weighted by Crippen LogP contribution is -2.44. The van der Waals surface area contributed by atoms with E-state index in [1.807, 2.05) is 12.1 Å². The topological polar surface area (TPSA) is 81.8 Å². The summed E-state index contributed by atoms with van der Waals surface area (Å²) in [4.78, 5) is 10.9. The van der Waals surface area contributed by atoms with Crippen LogP contribution < -0.4 is 14.9 Å². The largest absolute Gasteiger partial charge is 0.541 e. The Morgan fingerprint density at radius 2 is 1.91 bits per heavy atom. The highest BCUT2D eigenvalue weighted by atomic mass is 28.4. The molecule has 0 saturated heterocycles. The molecule has 0 aliphatic rings. The van der Waals surface area contributed by atoms with Crippen LogP contribution >= 0.6 is 0 Å². The highest BCUT2D eigenvalue weighted by Crippen LogP contribution is 2.40. The van der Waals surface area contributed by atoms with Crippen molar-refractivity contribution in [1.82, 2.24) is 0 Å². The van der Waals surface area contributed by atoms with Gasteiger partial charge in [-0.3, -0.25) is 4.79 Å². The van der Waals surface area contributed by atoms with E-state index in [0.29, 0.717) is 11.5 Å². The summed E-state index contributed by atoms with van der Waals surface area (Å²) < 4.78 is 11.7. The zero-order valence-electron chi connectivity index (χ0n) is 14.3. The fourth-order valence-corrected chi connectivity index (χ4v) is 2.71. The fraction of sp³-hybridized carbons (Fsp3) is 0.562. The molecular formula is C16H27NO4Si. The number of methoxy groups -OCH3 is 1. The minimum absolute atomic E-state index is 0.0610. The number of nitrogens with two attached hydrogens (primary N) is 1. The van der Waals surface area contributed by atoms with Crippen molar-refractivity contribution in [2.24, 2.45) is 5.73 Å². The minimum Gasteiger partial charge on any atom is -0.541 e. The Bertz CT molecular complexity index is 537. The molecule has 22 heavy (non-hydrogen) atoms. The highest BCUT2D eigenvalue weighted by Gasteiger charge is 2.39. The van der Waals surface area contributed by atoms with Crippen molar-refractivity contribution >= 4 is 14.3 Å². The van der Waals surface area contributed by atoms with Crippen molar-refractivity contribution in [1.29, 1.82) is 0 Å². The molecule has 1 unspecified atom stereocenters. The lowest BCUT2D eigenvalue weighted by molar-refractivity contribution is -0.138. The van der Waals surface area contributed by atoms with Gasteiger partial charge in [0, 0.05) is 0 Å². The molecule has 3 N–H and O–H groups in total. The first-order valence-corrected chi connectivity index (χ1v) is 10.2. The van der Waals surface area contributed by atoms with Crippen LogP contribution in [0, 0.1) is 0 Å². The Balaban J connectivity index is 3.09. The van der Waals surface area contributed by atoms with Gasteiger partial charge in [0.15, 0.2) is 5.75 Å². The molecule has 1 aromatic carbocycles. The molecule has 1 aromatic rings. The molecule has 0 fully saturated rings. The number of aliphatic carboxylic acids is 1. The van der Waals surface area contributed by atoms with Gasteiger partial charge in [-0.1, -0.05) is 26.8 Å². The second-order valence-electron chi connectivity index (χ2n) is 7.00. The van der Waals surface area contributed by atoms with Crippen LogP contribution in [0.5, 0.6) is 11.5 Å². The van der Waals surface area contributed by atoms with Crippen LogP contribution in [0.15, 0.2) is 18.2 Å². The Kier molecular flexibility index (Phi) is 5.64. The van der Waals surface area contributed by atoms with Crippen LogP contribution in [-0.4, -0.2) is 32.5 Å². The van der Waals surface area contributed by atoms with Gasteiger partial charge in [-0.15, -0.1) is 0 Å². The molecule has 0 spiro atoms. The molecule has 0 aromatic heterocycles. The zero-order valence-corrected chi connectivity index (χ0v) is 15.3. The molecular weight excluding hydrogens is 298 g/mol. The maximum atomic E-state index is 10.9. The van der Waals surface area contributed by atoms with E-state index in [4.69, 9.17) is 20.0 Å². The third kappa shape index (κ3) is 4.48. The van der Waals surface area contributed by atoms with Crippen LogP contribution in [0.2, 0.25) is 18.1 Å². The summed E-state index contributed by atoms with van der Waals surface area (Å²) >= 11 is 0. The minimum atomic E-state index is -2.01. The van der Waals surface area contributed by atoms with E-state index in [1.54, 1.807) is 13.2 Å². The van der Waals surface area contributed by atoms with Gasteiger partial charge in [-0.2, -0.15) is 0 Å². The van der Waals surface area contributed by atoms with E-state index in [9.17, 15) is 4.79 Å². The van der Waals surface area contributed by atoms with Gasteiger partial charge < -0.3 is 20.0 Å². The number of hydrogen-bond acceptors (Lipinski definition) is 4. The molecule has 0 saturated carbocycles. The van der Waals surface area contributed by atoms with Crippen LogP contribution in [-0.2, 0) is 11.2 Å². The molecule has 0 amide bonds. The summed E-state index contributed by atoms with van der Waals surface area (Å²) in [6, 6.07) is 4.53. The SMILES string of the molecule is COc1ccc(CC(N)C(=O)O)cc1O[Si](C)(C)C(C)(C)C. The first kappa shape index (κ1) is 18.5. The van der Waals surface area contributed by atoms with E-state index in [1.165, 1.54) is 0 Å². The third-order valence-electron chi connectivity index (χ3n) is 4.17. The number of carboxylic acids is 1. The predicted molar refractivity (Wildman–Crippen MR) is 90.1 cm³/mol. The maximum Gasteiger partial charge on any atom is 0.320 e. The molecule has 0 bridgehead atoms. The second-order valence-corrected chi connectivity index (χ2v) is 11.7. The molecule has 6 heteroatoms. The Labute approximate surface area is 133 Å². The van der Waals surface area contributed by atoms with Crippen molar-refractivity contribution in [3.8, 4) is 11.5 Å². The van der Waals surface area contributed by atoms with Gasteiger partial charge in [-0.05, 0) is 42.2 Å². The van der Waals surface area contributed by atoms with Crippen LogP contribution in [0.25, 0.3) is 0 Å². The number of ether oxygens (including phenoxy) is 1. The average Bonchev–Trinajstić information content (AvgIpc) is 2.37. The number of carboxylic acid groups (broad SMARTS) is 1. The van der Waals surface area contributed by atoms with E-state index in [2.05, 4.69) is 33.9 Å². The first-order valence-electron chi connectivity index (χ1n) is 7.32. The van der Waals surface area contributed by atoms with Gasteiger partial charge in [0.1, 0.15) is 11.8 Å². The predicted octanol–water partition coefficient (Wildman–Crippen LogP) is 3.03. The monoisotopic (exact) mass is 325 g/mol.